The summed E-state index contributed by atoms with van der Waals surface area (Å²) in [5, 5.41) is 7.41. The second-order valence-corrected chi connectivity index (χ2v) is 3.11. The van der Waals surface area contributed by atoms with Gasteiger partial charge < -0.3 is 10.3 Å². The molecular weight excluding hydrogens is 190 g/mol. The molecule has 2 aromatic heterocycles. The highest BCUT2D eigenvalue weighted by Gasteiger charge is 2.14. The van der Waals surface area contributed by atoms with Gasteiger partial charge in [-0.3, -0.25) is 0 Å². The molecule has 0 saturated heterocycles. The minimum absolute atomic E-state index is 0.130. The maximum Gasteiger partial charge on any atom is 0.273 e. The van der Waals surface area contributed by atoms with Gasteiger partial charge in [0.15, 0.2) is 0 Å². The molecule has 0 spiro atoms. The van der Waals surface area contributed by atoms with E-state index in [1.807, 2.05) is 6.92 Å². The Bertz CT molecular complexity index is 409. The maximum absolute atomic E-state index is 5.32. The van der Waals surface area contributed by atoms with Gasteiger partial charge in [-0.2, -0.15) is 4.98 Å². The fourth-order valence-corrected chi connectivity index (χ4v) is 1.60. The number of nitrogens with zero attached hydrogens (tertiary/aromatic N) is 4. The van der Waals surface area contributed by atoms with Crippen LogP contribution in [0.2, 0.25) is 0 Å². The normalized spacial score (nSPS) is 10.5. The van der Waals surface area contributed by atoms with Crippen LogP contribution in [0.15, 0.2) is 4.52 Å². The van der Waals surface area contributed by atoms with Gasteiger partial charge in [0.25, 0.3) is 11.8 Å². The van der Waals surface area contributed by atoms with E-state index in [4.69, 9.17) is 10.3 Å². The lowest BCUT2D eigenvalue weighted by Gasteiger charge is -1.88. The smallest absolute Gasteiger partial charge is 0.273 e. The Morgan fingerprint density at radius 3 is 3.00 bits per heavy atom. The summed E-state index contributed by atoms with van der Waals surface area (Å²) in [4.78, 5) is 4.69. The van der Waals surface area contributed by atoms with Gasteiger partial charge >= 0.3 is 0 Å². The van der Waals surface area contributed by atoms with Crippen molar-refractivity contribution in [1.82, 2.24) is 19.7 Å². The molecule has 0 radical (unpaired) electrons. The third-order valence-electron chi connectivity index (χ3n) is 1.53. The number of aryl methyl sites for hydroxylation is 1. The van der Waals surface area contributed by atoms with Gasteiger partial charge in [-0.1, -0.05) is 11.4 Å². The number of anilines is 1. The van der Waals surface area contributed by atoms with E-state index in [-0.39, 0.29) is 5.95 Å². The minimum atomic E-state index is 0.130. The van der Waals surface area contributed by atoms with Gasteiger partial charge in [0.1, 0.15) is 4.88 Å². The molecule has 0 aliphatic rings. The van der Waals surface area contributed by atoms with Crippen LogP contribution in [0.3, 0.4) is 0 Å². The second-order valence-electron chi connectivity index (χ2n) is 2.36. The van der Waals surface area contributed by atoms with Crippen molar-refractivity contribution >= 4 is 17.5 Å². The summed E-state index contributed by atoms with van der Waals surface area (Å²) in [5.74, 6) is 0.523. The first-order valence-corrected chi connectivity index (χ1v) is 4.49. The highest BCUT2D eigenvalue weighted by Crippen LogP contribution is 2.24. The van der Waals surface area contributed by atoms with E-state index in [2.05, 4.69) is 19.7 Å². The largest absolute Gasteiger partial charge is 0.365 e. The number of rotatable bonds is 2. The molecule has 0 aliphatic heterocycles. The molecule has 2 rings (SSSR count). The Hall–Kier alpha value is -1.50. The summed E-state index contributed by atoms with van der Waals surface area (Å²) in [5.41, 5.74) is 6.18. The monoisotopic (exact) mass is 197 g/mol. The molecule has 6 nitrogen and oxygen atoms in total. The zero-order valence-corrected chi connectivity index (χ0v) is 7.71. The minimum Gasteiger partial charge on any atom is -0.365 e. The summed E-state index contributed by atoms with van der Waals surface area (Å²) in [7, 11) is 0. The van der Waals surface area contributed by atoms with E-state index in [1.54, 1.807) is 0 Å². The Morgan fingerprint density at radius 2 is 2.38 bits per heavy atom. The SMILES string of the molecule is CCc1nnsc1-c1nc(N)no1. The molecule has 68 valence electrons. The van der Waals surface area contributed by atoms with Crippen molar-refractivity contribution in [3.63, 3.8) is 0 Å². The summed E-state index contributed by atoms with van der Waals surface area (Å²) < 4.78 is 8.70. The highest BCUT2D eigenvalue weighted by atomic mass is 32.1. The van der Waals surface area contributed by atoms with Crippen LogP contribution in [0, 0.1) is 0 Å². The number of hydrogen-bond donors (Lipinski definition) is 1. The van der Waals surface area contributed by atoms with Gasteiger partial charge in [0, 0.05) is 0 Å². The first-order valence-electron chi connectivity index (χ1n) is 3.72. The van der Waals surface area contributed by atoms with Crippen molar-refractivity contribution in [1.29, 1.82) is 0 Å². The molecule has 2 N–H and O–H groups in total. The van der Waals surface area contributed by atoms with E-state index in [0.29, 0.717) is 5.89 Å². The van der Waals surface area contributed by atoms with Crippen LogP contribution in [-0.4, -0.2) is 19.7 Å². The van der Waals surface area contributed by atoms with Crippen molar-refractivity contribution in [3.8, 4) is 10.8 Å². The lowest BCUT2D eigenvalue weighted by atomic mass is 10.3. The van der Waals surface area contributed by atoms with Crippen LogP contribution in [0.5, 0.6) is 0 Å². The Morgan fingerprint density at radius 1 is 1.54 bits per heavy atom. The Kier molecular flexibility index (Phi) is 1.93. The van der Waals surface area contributed by atoms with Gasteiger partial charge in [0.05, 0.1) is 5.69 Å². The number of hydrogen-bond acceptors (Lipinski definition) is 7. The van der Waals surface area contributed by atoms with Crippen LogP contribution in [0.4, 0.5) is 5.95 Å². The van der Waals surface area contributed by atoms with Gasteiger partial charge in [-0.25, -0.2) is 0 Å². The predicted molar refractivity (Wildman–Crippen MR) is 47.0 cm³/mol. The van der Waals surface area contributed by atoms with Crippen LogP contribution in [0.25, 0.3) is 10.8 Å². The van der Waals surface area contributed by atoms with Crippen LogP contribution >= 0.6 is 11.5 Å². The second kappa shape index (κ2) is 3.09. The van der Waals surface area contributed by atoms with Crippen molar-refractivity contribution in [2.24, 2.45) is 0 Å². The summed E-state index contributed by atoms with van der Waals surface area (Å²) in [6.45, 7) is 1.99. The standard InChI is InChI=1S/C6H7N5OS/c1-2-3-4(13-11-9-3)5-8-6(7)10-12-5/h2H2,1H3,(H2,7,10). The van der Waals surface area contributed by atoms with Crippen molar-refractivity contribution in [2.75, 3.05) is 5.73 Å². The van der Waals surface area contributed by atoms with Crippen molar-refractivity contribution < 1.29 is 4.52 Å². The summed E-state index contributed by atoms with van der Waals surface area (Å²) in [6.07, 6.45) is 0.786. The zero-order chi connectivity index (χ0) is 9.26. The number of nitrogen functional groups attached to an aromatic ring is 1. The third kappa shape index (κ3) is 1.37. The lowest BCUT2D eigenvalue weighted by molar-refractivity contribution is 0.433. The lowest BCUT2D eigenvalue weighted by Crippen LogP contribution is -1.86. The van der Waals surface area contributed by atoms with Crippen LogP contribution in [-0.2, 0) is 6.42 Å². The molecule has 7 heteroatoms. The molecule has 0 saturated carbocycles. The van der Waals surface area contributed by atoms with Crippen LogP contribution < -0.4 is 5.73 Å². The van der Waals surface area contributed by atoms with Crippen LogP contribution in [0.1, 0.15) is 12.6 Å². The molecular formula is C6H7N5OS. The molecule has 2 heterocycles. The topological polar surface area (TPSA) is 90.7 Å². The van der Waals surface area contributed by atoms with Crippen molar-refractivity contribution in [2.45, 2.75) is 13.3 Å². The predicted octanol–water partition coefficient (Wildman–Crippen LogP) is 0.733. The molecule has 0 bridgehead atoms. The zero-order valence-electron chi connectivity index (χ0n) is 6.89. The average molecular weight is 197 g/mol. The van der Waals surface area contributed by atoms with Crippen molar-refractivity contribution in [3.05, 3.63) is 5.69 Å². The fraction of sp³-hybridized carbons (Fsp3) is 0.333. The molecule has 0 atom stereocenters. The van der Waals surface area contributed by atoms with E-state index in [9.17, 15) is 0 Å². The quantitative estimate of drug-likeness (QED) is 0.763. The molecule has 0 unspecified atom stereocenters. The first-order chi connectivity index (χ1) is 6.31. The molecule has 0 aromatic carbocycles. The highest BCUT2D eigenvalue weighted by molar-refractivity contribution is 7.09. The Balaban J connectivity index is 2.45. The van der Waals surface area contributed by atoms with Gasteiger partial charge in [-0.15, -0.1) is 5.10 Å². The number of nitrogens with two attached hydrogens (primary N) is 1. The first kappa shape index (κ1) is 8.11. The Labute approximate surface area is 77.9 Å². The van der Waals surface area contributed by atoms with Gasteiger partial charge in [0.2, 0.25) is 0 Å². The fourth-order valence-electron chi connectivity index (χ4n) is 0.929. The molecule has 2 aromatic rings. The summed E-state index contributed by atoms with van der Waals surface area (Å²) >= 11 is 1.23. The molecule has 0 fully saturated rings. The van der Waals surface area contributed by atoms with E-state index >= 15 is 0 Å². The van der Waals surface area contributed by atoms with E-state index in [1.165, 1.54) is 11.5 Å². The maximum atomic E-state index is 5.32. The average Bonchev–Trinajstić information content (AvgIpc) is 2.71. The van der Waals surface area contributed by atoms with E-state index in [0.717, 1.165) is 17.0 Å². The van der Waals surface area contributed by atoms with Gasteiger partial charge in [-0.05, 0) is 23.1 Å². The van der Waals surface area contributed by atoms with E-state index < -0.39 is 0 Å². The summed E-state index contributed by atoms with van der Waals surface area (Å²) in [6, 6.07) is 0. The third-order valence-corrected chi connectivity index (χ3v) is 2.28. The molecule has 13 heavy (non-hydrogen) atoms. The number of aromatic nitrogens is 4. The molecule has 0 aliphatic carbocycles. The molecule has 0 amide bonds.